The third-order valence-corrected chi connectivity index (χ3v) is 5.01. The molecule has 1 heterocycles. The van der Waals surface area contributed by atoms with E-state index in [1.807, 2.05) is 6.07 Å². The van der Waals surface area contributed by atoms with Gasteiger partial charge in [0.25, 0.3) is 5.91 Å². The van der Waals surface area contributed by atoms with Crippen LogP contribution in [0.3, 0.4) is 0 Å². The van der Waals surface area contributed by atoms with Crippen molar-refractivity contribution in [1.82, 2.24) is 5.32 Å². The van der Waals surface area contributed by atoms with Crippen LogP contribution in [0.1, 0.15) is 16.9 Å². The lowest BCUT2D eigenvalue weighted by molar-refractivity contribution is -0.117. The highest BCUT2D eigenvalue weighted by Crippen LogP contribution is 2.32. The van der Waals surface area contributed by atoms with Gasteiger partial charge in [0.05, 0.1) is 19.9 Å². The molecule has 158 valence electrons. The molecule has 0 saturated carbocycles. The molecule has 1 amide bonds. The Morgan fingerprint density at radius 2 is 1.94 bits per heavy atom. The van der Waals surface area contributed by atoms with Crippen LogP contribution in [0.25, 0.3) is 6.08 Å². The van der Waals surface area contributed by atoms with Gasteiger partial charge < -0.3 is 19.2 Å². The minimum absolute atomic E-state index is 0.0508. The summed E-state index contributed by atoms with van der Waals surface area (Å²) in [7, 11) is 1.50. The Morgan fingerprint density at radius 1 is 1.16 bits per heavy atom. The number of rotatable bonds is 8. The highest BCUT2D eigenvalue weighted by Gasteiger charge is 2.12. The van der Waals surface area contributed by atoms with Crippen molar-refractivity contribution in [1.29, 1.82) is 5.26 Å². The molecule has 0 aliphatic heterocycles. The standard InChI is InChI=1S/C23H18Cl2N2O4/c1-29-22-11-15(10-16(12-26)23(28)27-13-17-4-3-9-30-17)7-8-21(22)31-14-18-19(24)5-2-6-20(18)25/h2-11H,13-14H2,1H3,(H,27,28)/b16-10-. The van der Waals surface area contributed by atoms with Crippen LogP contribution in [0.4, 0.5) is 0 Å². The lowest BCUT2D eigenvalue weighted by atomic mass is 10.1. The summed E-state index contributed by atoms with van der Waals surface area (Å²) in [6.07, 6.45) is 2.98. The van der Waals surface area contributed by atoms with Crippen LogP contribution in [0.5, 0.6) is 11.5 Å². The molecule has 0 bridgehead atoms. The van der Waals surface area contributed by atoms with Crippen molar-refractivity contribution in [3.8, 4) is 17.6 Å². The summed E-state index contributed by atoms with van der Waals surface area (Å²) in [6, 6.07) is 15.7. The van der Waals surface area contributed by atoms with Gasteiger partial charge in [-0.05, 0) is 48.0 Å². The van der Waals surface area contributed by atoms with Crippen molar-refractivity contribution in [3.63, 3.8) is 0 Å². The smallest absolute Gasteiger partial charge is 0.262 e. The minimum Gasteiger partial charge on any atom is -0.493 e. The fourth-order valence-corrected chi connectivity index (χ4v) is 3.21. The predicted molar refractivity (Wildman–Crippen MR) is 118 cm³/mol. The summed E-state index contributed by atoms with van der Waals surface area (Å²) in [6.45, 7) is 0.342. The van der Waals surface area contributed by atoms with Gasteiger partial charge in [0.1, 0.15) is 24.0 Å². The van der Waals surface area contributed by atoms with Crippen LogP contribution < -0.4 is 14.8 Å². The molecule has 31 heavy (non-hydrogen) atoms. The Bertz CT molecular complexity index is 1110. The summed E-state index contributed by atoms with van der Waals surface area (Å²) in [4.78, 5) is 12.3. The largest absolute Gasteiger partial charge is 0.493 e. The summed E-state index contributed by atoms with van der Waals surface area (Å²) < 4.78 is 16.4. The van der Waals surface area contributed by atoms with Gasteiger partial charge in [-0.25, -0.2) is 0 Å². The van der Waals surface area contributed by atoms with Crippen LogP contribution in [-0.2, 0) is 17.9 Å². The van der Waals surface area contributed by atoms with Crippen molar-refractivity contribution in [2.75, 3.05) is 7.11 Å². The van der Waals surface area contributed by atoms with Gasteiger partial charge in [-0.15, -0.1) is 0 Å². The Kier molecular flexibility index (Phi) is 7.60. The fourth-order valence-electron chi connectivity index (χ4n) is 2.70. The second kappa shape index (κ2) is 10.6. The molecule has 0 atom stereocenters. The number of ether oxygens (including phenoxy) is 2. The van der Waals surface area contributed by atoms with E-state index < -0.39 is 5.91 Å². The zero-order valence-electron chi connectivity index (χ0n) is 16.5. The van der Waals surface area contributed by atoms with Crippen molar-refractivity contribution in [2.45, 2.75) is 13.2 Å². The van der Waals surface area contributed by atoms with E-state index in [2.05, 4.69) is 5.32 Å². The molecule has 6 nitrogen and oxygen atoms in total. The normalized spacial score (nSPS) is 11.0. The predicted octanol–water partition coefficient (Wildman–Crippen LogP) is 5.40. The lowest BCUT2D eigenvalue weighted by Crippen LogP contribution is -2.23. The van der Waals surface area contributed by atoms with E-state index in [1.165, 1.54) is 19.4 Å². The minimum atomic E-state index is -0.508. The zero-order valence-corrected chi connectivity index (χ0v) is 18.0. The van der Waals surface area contributed by atoms with Crippen molar-refractivity contribution < 1.29 is 18.7 Å². The number of halogens is 2. The second-order valence-corrected chi connectivity index (χ2v) is 7.15. The van der Waals surface area contributed by atoms with Gasteiger partial charge in [-0.3, -0.25) is 4.79 Å². The average molecular weight is 457 g/mol. The van der Waals surface area contributed by atoms with Gasteiger partial charge in [-0.2, -0.15) is 5.26 Å². The van der Waals surface area contributed by atoms with Crippen LogP contribution >= 0.6 is 23.2 Å². The number of carbonyl (C=O) groups is 1. The van der Waals surface area contributed by atoms with Gasteiger partial charge in [0, 0.05) is 15.6 Å². The third kappa shape index (κ3) is 5.82. The molecule has 3 aromatic rings. The number of nitrogens with one attached hydrogen (secondary N) is 1. The molecule has 0 aliphatic carbocycles. The summed E-state index contributed by atoms with van der Waals surface area (Å²) in [5.74, 6) is 0.987. The molecule has 1 N–H and O–H groups in total. The molecule has 0 fully saturated rings. The number of hydrogen-bond donors (Lipinski definition) is 1. The first-order valence-electron chi connectivity index (χ1n) is 9.18. The van der Waals surface area contributed by atoms with Crippen LogP contribution in [-0.4, -0.2) is 13.0 Å². The third-order valence-electron chi connectivity index (χ3n) is 4.30. The van der Waals surface area contributed by atoms with E-state index in [-0.39, 0.29) is 18.7 Å². The van der Waals surface area contributed by atoms with E-state index in [9.17, 15) is 10.1 Å². The van der Waals surface area contributed by atoms with E-state index in [0.29, 0.717) is 38.4 Å². The average Bonchev–Trinajstić information content (AvgIpc) is 3.29. The number of methoxy groups -OCH3 is 1. The number of carbonyl (C=O) groups excluding carboxylic acids is 1. The van der Waals surface area contributed by atoms with Gasteiger partial charge in [-0.1, -0.05) is 35.3 Å². The highest BCUT2D eigenvalue weighted by atomic mass is 35.5. The van der Waals surface area contributed by atoms with Crippen molar-refractivity contribution in [3.05, 3.63) is 87.3 Å². The molecule has 0 aliphatic rings. The number of furan rings is 1. The number of benzene rings is 2. The first-order valence-corrected chi connectivity index (χ1v) is 9.93. The Morgan fingerprint density at radius 3 is 2.58 bits per heavy atom. The maximum Gasteiger partial charge on any atom is 0.262 e. The first-order chi connectivity index (χ1) is 15.0. The van der Waals surface area contributed by atoms with Crippen LogP contribution in [0.2, 0.25) is 10.0 Å². The van der Waals surface area contributed by atoms with E-state index in [0.717, 1.165) is 0 Å². The Hall–Kier alpha value is -3.40. The van der Waals surface area contributed by atoms with Crippen molar-refractivity contribution >= 4 is 35.2 Å². The molecule has 0 unspecified atom stereocenters. The molecular formula is C23H18Cl2N2O4. The fraction of sp³-hybridized carbons (Fsp3) is 0.130. The van der Waals surface area contributed by atoms with Gasteiger partial charge >= 0.3 is 0 Å². The molecule has 0 radical (unpaired) electrons. The summed E-state index contributed by atoms with van der Waals surface area (Å²) in [5, 5.41) is 13.0. The molecular weight excluding hydrogens is 439 g/mol. The topological polar surface area (TPSA) is 84.5 Å². The zero-order chi connectivity index (χ0) is 22.2. The number of nitrogens with zero attached hydrogens (tertiary/aromatic N) is 1. The highest BCUT2D eigenvalue weighted by molar-refractivity contribution is 6.35. The van der Waals surface area contributed by atoms with E-state index >= 15 is 0 Å². The van der Waals surface area contributed by atoms with Crippen molar-refractivity contribution in [2.24, 2.45) is 0 Å². The molecule has 3 rings (SSSR count). The Balaban J connectivity index is 1.73. The monoisotopic (exact) mass is 456 g/mol. The SMILES string of the molecule is COc1cc(/C=C(/C#N)C(=O)NCc2ccco2)ccc1OCc1c(Cl)cccc1Cl. The number of nitriles is 1. The maximum absolute atomic E-state index is 12.3. The second-order valence-electron chi connectivity index (χ2n) is 6.33. The van der Waals surface area contributed by atoms with Crippen LogP contribution in [0, 0.1) is 11.3 Å². The molecule has 8 heteroatoms. The van der Waals surface area contributed by atoms with Gasteiger partial charge in [0.2, 0.25) is 0 Å². The van der Waals surface area contributed by atoms with E-state index in [4.69, 9.17) is 37.1 Å². The lowest BCUT2D eigenvalue weighted by Gasteiger charge is -2.13. The number of hydrogen-bond acceptors (Lipinski definition) is 5. The molecule has 0 spiro atoms. The first kappa shape index (κ1) is 22.3. The maximum atomic E-state index is 12.3. The summed E-state index contributed by atoms with van der Waals surface area (Å²) >= 11 is 12.4. The molecule has 2 aromatic carbocycles. The molecule has 1 aromatic heterocycles. The van der Waals surface area contributed by atoms with Crippen LogP contribution in [0.15, 0.2) is 64.8 Å². The quantitative estimate of drug-likeness (QED) is 0.362. The molecule has 0 saturated heterocycles. The van der Waals surface area contributed by atoms with Gasteiger partial charge in [0.15, 0.2) is 11.5 Å². The summed E-state index contributed by atoms with van der Waals surface area (Å²) in [5.41, 5.74) is 1.21. The Labute approximate surface area is 189 Å². The van der Waals surface area contributed by atoms with E-state index in [1.54, 1.807) is 48.5 Å². The number of amides is 1.